The molecule has 0 aliphatic carbocycles. The van der Waals surface area contributed by atoms with Crippen molar-refractivity contribution in [1.29, 1.82) is 0 Å². The Hall–Kier alpha value is -2.68. The summed E-state index contributed by atoms with van der Waals surface area (Å²) in [6.45, 7) is 0. The summed E-state index contributed by atoms with van der Waals surface area (Å²) in [7, 11) is -3.46. The Morgan fingerprint density at radius 1 is 0.962 bits per heavy atom. The molecule has 0 bridgehead atoms. The first-order valence-corrected chi connectivity index (χ1v) is 9.18. The Morgan fingerprint density at radius 3 is 2.04 bits per heavy atom. The normalized spacial score (nSPS) is 12.3. The summed E-state index contributed by atoms with van der Waals surface area (Å²) in [4.78, 5) is 0.000681. The lowest BCUT2D eigenvalue weighted by molar-refractivity contribution is -0.142. The molecule has 0 aliphatic rings. The maximum absolute atomic E-state index is 13.6. The van der Waals surface area contributed by atoms with Gasteiger partial charge < -0.3 is 0 Å². The average Bonchev–Trinajstić information content (AvgIpc) is 3.00. The molecule has 9 heteroatoms. The van der Waals surface area contributed by atoms with E-state index in [1.54, 1.807) is 0 Å². The molecule has 0 fully saturated rings. The van der Waals surface area contributed by atoms with E-state index in [2.05, 4.69) is 5.10 Å². The highest BCUT2D eigenvalue weighted by Crippen LogP contribution is 2.38. The zero-order chi connectivity index (χ0) is 19.1. The topological polar surface area (TPSA) is 52.0 Å². The minimum Gasteiger partial charge on any atom is -0.228 e. The van der Waals surface area contributed by atoms with Crippen LogP contribution >= 0.6 is 0 Å². The van der Waals surface area contributed by atoms with Crippen molar-refractivity contribution in [3.8, 4) is 16.8 Å². The third-order valence-electron chi connectivity index (χ3n) is 3.70. The number of aromatic nitrogens is 2. The molecule has 1 aromatic heterocycles. The molecule has 136 valence electrons. The lowest BCUT2D eigenvalue weighted by Gasteiger charge is -2.13. The van der Waals surface area contributed by atoms with Gasteiger partial charge >= 0.3 is 6.18 Å². The maximum atomic E-state index is 13.6. The fraction of sp³-hybridized carbons (Fsp3) is 0.118. The molecule has 0 spiro atoms. The van der Waals surface area contributed by atoms with Gasteiger partial charge in [0.15, 0.2) is 15.5 Å². The summed E-state index contributed by atoms with van der Waals surface area (Å²) >= 11 is 0. The second-order valence-corrected chi connectivity index (χ2v) is 7.61. The second-order valence-electron chi connectivity index (χ2n) is 5.59. The van der Waals surface area contributed by atoms with Crippen LogP contribution in [0.1, 0.15) is 5.69 Å². The fourth-order valence-corrected chi connectivity index (χ4v) is 3.12. The number of hydrogen-bond donors (Lipinski definition) is 0. The molecule has 26 heavy (non-hydrogen) atoms. The average molecular weight is 384 g/mol. The maximum Gasteiger partial charge on any atom is 0.434 e. The predicted molar refractivity (Wildman–Crippen MR) is 87.1 cm³/mol. The van der Waals surface area contributed by atoms with Gasteiger partial charge in [-0.25, -0.2) is 17.5 Å². The highest BCUT2D eigenvalue weighted by atomic mass is 32.2. The molecule has 4 nitrogen and oxygen atoms in total. The quantitative estimate of drug-likeness (QED) is 0.639. The molecule has 0 atom stereocenters. The first kappa shape index (κ1) is 18.1. The van der Waals surface area contributed by atoms with Crippen molar-refractivity contribution in [3.05, 3.63) is 66.2 Å². The summed E-state index contributed by atoms with van der Waals surface area (Å²) in [5.74, 6) is -0.578. The van der Waals surface area contributed by atoms with E-state index in [0.29, 0.717) is 4.68 Å². The minimum atomic E-state index is -4.73. The SMILES string of the molecule is CS(=O)(=O)c1ccc(-c2cnn(-c3ccc(F)cc3)c2C(F)(F)F)cc1. The molecule has 0 N–H and O–H groups in total. The van der Waals surface area contributed by atoms with Crippen molar-refractivity contribution >= 4 is 9.84 Å². The Balaban J connectivity index is 2.15. The Bertz CT molecular complexity index is 1040. The van der Waals surface area contributed by atoms with Crippen molar-refractivity contribution in [1.82, 2.24) is 9.78 Å². The van der Waals surface area contributed by atoms with E-state index in [1.165, 1.54) is 36.4 Å². The molecule has 2 aromatic carbocycles. The van der Waals surface area contributed by atoms with Gasteiger partial charge in [-0.15, -0.1) is 0 Å². The summed E-state index contributed by atoms with van der Waals surface area (Å²) in [6, 6.07) is 9.51. The lowest BCUT2D eigenvalue weighted by atomic mass is 10.1. The van der Waals surface area contributed by atoms with Crippen LogP contribution in [-0.4, -0.2) is 24.5 Å². The van der Waals surface area contributed by atoms with Gasteiger partial charge in [-0.05, 0) is 42.0 Å². The molecule has 0 saturated heterocycles. The number of benzene rings is 2. The van der Waals surface area contributed by atoms with Gasteiger partial charge in [0.25, 0.3) is 0 Å². The minimum absolute atomic E-state index is 0.000681. The molecule has 3 rings (SSSR count). The number of nitrogens with zero attached hydrogens (tertiary/aromatic N) is 2. The van der Waals surface area contributed by atoms with Crippen LogP contribution in [-0.2, 0) is 16.0 Å². The largest absolute Gasteiger partial charge is 0.434 e. The zero-order valence-electron chi connectivity index (χ0n) is 13.3. The van der Waals surface area contributed by atoms with E-state index in [4.69, 9.17) is 0 Å². The van der Waals surface area contributed by atoms with Crippen molar-refractivity contribution in [2.75, 3.05) is 6.26 Å². The molecule has 0 amide bonds. The Kier molecular flexibility index (Phi) is 4.35. The van der Waals surface area contributed by atoms with Crippen molar-refractivity contribution in [3.63, 3.8) is 0 Å². The highest BCUT2D eigenvalue weighted by Gasteiger charge is 2.39. The van der Waals surface area contributed by atoms with Crippen LogP contribution < -0.4 is 0 Å². The van der Waals surface area contributed by atoms with Gasteiger partial charge in [0.2, 0.25) is 0 Å². The van der Waals surface area contributed by atoms with Gasteiger partial charge in [0.05, 0.1) is 16.8 Å². The molecular weight excluding hydrogens is 372 g/mol. The number of halogens is 4. The zero-order valence-corrected chi connectivity index (χ0v) is 14.1. The third kappa shape index (κ3) is 3.48. The van der Waals surface area contributed by atoms with Gasteiger partial charge in [0.1, 0.15) is 5.82 Å². The molecule has 3 aromatic rings. The summed E-state index contributed by atoms with van der Waals surface area (Å²) in [6.07, 6.45) is -2.67. The van der Waals surface area contributed by atoms with Crippen molar-refractivity contribution < 1.29 is 26.0 Å². The molecule has 0 radical (unpaired) electrons. The van der Waals surface area contributed by atoms with Crippen molar-refractivity contribution in [2.24, 2.45) is 0 Å². The molecule has 1 heterocycles. The van der Waals surface area contributed by atoms with Crippen LogP contribution in [0.25, 0.3) is 16.8 Å². The lowest BCUT2D eigenvalue weighted by Crippen LogP contribution is -2.14. The van der Waals surface area contributed by atoms with E-state index in [-0.39, 0.29) is 21.7 Å². The summed E-state index contributed by atoms with van der Waals surface area (Å²) < 4.78 is 77.6. The standard InChI is InChI=1S/C17H12F4N2O2S/c1-26(24,25)14-8-2-11(3-9-14)15-10-22-23(16(15)17(19,20)21)13-6-4-12(18)5-7-13/h2-10H,1H3. The molecule has 0 aliphatic heterocycles. The first-order chi connectivity index (χ1) is 12.1. The van der Waals surface area contributed by atoms with E-state index >= 15 is 0 Å². The predicted octanol–water partition coefficient (Wildman–Crippen LogP) is 4.10. The molecule has 0 unspecified atom stereocenters. The Labute approximate surface area is 146 Å². The number of alkyl halides is 3. The van der Waals surface area contributed by atoms with Crippen LogP contribution in [0.5, 0.6) is 0 Å². The summed E-state index contributed by atoms with van der Waals surface area (Å²) in [5, 5.41) is 3.79. The van der Waals surface area contributed by atoms with E-state index in [9.17, 15) is 26.0 Å². The molecular formula is C17H12F4N2O2S. The highest BCUT2D eigenvalue weighted by molar-refractivity contribution is 7.90. The van der Waals surface area contributed by atoms with Gasteiger partial charge in [-0.2, -0.15) is 18.3 Å². The monoisotopic (exact) mass is 384 g/mol. The Morgan fingerprint density at radius 2 is 1.54 bits per heavy atom. The fourth-order valence-electron chi connectivity index (χ4n) is 2.49. The van der Waals surface area contributed by atoms with Crippen LogP contribution in [0.3, 0.4) is 0 Å². The van der Waals surface area contributed by atoms with E-state index in [1.807, 2.05) is 0 Å². The van der Waals surface area contributed by atoms with Gasteiger partial charge in [-0.1, -0.05) is 12.1 Å². The van der Waals surface area contributed by atoms with Crippen LogP contribution in [0, 0.1) is 5.82 Å². The first-order valence-electron chi connectivity index (χ1n) is 7.29. The summed E-state index contributed by atoms with van der Waals surface area (Å²) in [5.41, 5.74) is -1.02. The van der Waals surface area contributed by atoms with Crippen LogP contribution in [0.2, 0.25) is 0 Å². The molecule has 0 saturated carbocycles. The van der Waals surface area contributed by atoms with Crippen LogP contribution in [0.15, 0.2) is 59.6 Å². The third-order valence-corrected chi connectivity index (χ3v) is 4.83. The number of hydrogen-bond acceptors (Lipinski definition) is 3. The van der Waals surface area contributed by atoms with Crippen LogP contribution in [0.4, 0.5) is 17.6 Å². The van der Waals surface area contributed by atoms with Gasteiger partial charge in [-0.3, -0.25) is 0 Å². The number of sulfone groups is 1. The van der Waals surface area contributed by atoms with Gasteiger partial charge in [0, 0.05) is 11.8 Å². The second kappa shape index (κ2) is 6.24. The smallest absolute Gasteiger partial charge is 0.228 e. The number of rotatable bonds is 3. The van der Waals surface area contributed by atoms with E-state index < -0.39 is 27.5 Å². The van der Waals surface area contributed by atoms with Crippen molar-refractivity contribution in [2.45, 2.75) is 11.1 Å². The van der Waals surface area contributed by atoms with E-state index in [0.717, 1.165) is 24.6 Å².